The van der Waals surface area contributed by atoms with Crippen molar-refractivity contribution >= 4 is 22.2 Å². The molecule has 0 fully saturated rings. The molecule has 7 heteroatoms. The number of rotatable bonds is 4. The Morgan fingerprint density at radius 3 is 2.96 bits per heavy atom. The van der Waals surface area contributed by atoms with Crippen LogP contribution in [-0.4, -0.2) is 30.7 Å². The zero-order chi connectivity index (χ0) is 18.3. The Labute approximate surface area is 156 Å². The van der Waals surface area contributed by atoms with E-state index in [4.69, 9.17) is 4.74 Å². The van der Waals surface area contributed by atoms with E-state index in [1.165, 1.54) is 10.4 Å². The minimum atomic E-state index is -0.329. The van der Waals surface area contributed by atoms with Crippen molar-refractivity contribution in [3.63, 3.8) is 0 Å². The van der Waals surface area contributed by atoms with Gasteiger partial charge in [0.1, 0.15) is 17.7 Å². The Morgan fingerprint density at radius 2 is 2.19 bits per heavy atom. The number of nitrogens with one attached hydrogen (secondary N) is 3. The Balaban J connectivity index is 1.64. The van der Waals surface area contributed by atoms with Gasteiger partial charge in [0, 0.05) is 6.42 Å². The smallest absolute Gasteiger partial charge is 0.256 e. The van der Waals surface area contributed by atoms with Crippen molar-refractivity contribution in [2.75, 3.05) is 25.0 Å². The lowest BCUT2D eigenvalue weighted by Gasteiger charge is -2.27. The van der Waals surface area contributed by atoms with Gasteiger partial charge in [-0.25, -0.2) is 0 Å². The van der Waals surface area contributed by atoms with Gasteiger partial charge in [0.05, 0.1) is 30.1 Å². The SMILES string of the molecule is CCOc1cc([C@@H]2NC(=O)c3c(sc4c3CC[NH+](CC)C4)N2)ccc1O. The Bertz CT molecular complexity index is 849. The Morgan fingerprint density at radius 1 is 1.35 bits per heavy atom. The average Bonchev–Trinajstić information content (AvgIpc) is 3.01. The second-order valence-electron chi connectivity index (χ2n) is 6.70. The maximum absolute atomic E-state index is 12.8. The van der Waals surface area contributed by atoms with Crippen LogP contribution in [-0.2, 0) is 13.0 Å². The third kappa shape index (κ3) is 2.91. The summed E-state index contributed by atoms with van der Waals surface area (Å²) in [6.45, 7) is 7.74. The second-order valence-corrected chi connectivity index (χ2v) is 7.80. The number of quaternary nitrogens is 1. The van der Waals surface area contributed by atoms with E-state index in [1.54, 1.807) is 34.4 Å². The number of aromatic hydroxyl groups is 1. The van der Waals surface area contributed by atoms with Crippen molar-refractivity contribution in [2.24, 2.45) is 0 Å². The lowest BCUT2D eigenvalue weighted by molar-refractivity contribution is -0.913. The fraction of sp³-hybridized carbons (Fsp3) is 0.421. The van der Waals surface area contributed by atoms with Crippen LogP contribution in [0.2, 0.25) is 0 Å². The van der Waals surface area contributed by atoms with Gasteiger partial charge in [-0.05, 0) is 37.1 Å². The van der Waals surface area contributed by atoms with Crippen molar-refractivity contribution in [3.8, 4) is 11.5 Å². The number of ether oxygens (including phenoxy) is 1. The minimum Gasteiger partial charge on any atom is -0.504 e. The summed E-state index contributed by atoms with van der Waals surface area (Å²) < 4.78 is 5.46. The molecule has 0 saturated carbocycles. The molecule has 2 aliphatic rings. The summed E-state index contributed by atoms with van der Waals surface area (Å²) in [7, 11) is 0. The number of likely N-dealkylation sites (N-methyl/N-ethyl adjacent to an activating group) is 1. The number of hydrogen-bond acceptors (Lipinski definition) is 5. The highest BCUT2D eigenvalue weighted by Gasteiger charge is 2.34. The van der Waals surface area contributed by atoms with E-state index < -0.39 is 0 Å². The highest BCUT2D eigenvalue weighted by Crippen LogP contribution is 2.40. The Hall–Kier alpha value is -2.25. The van der Waals surface area contributed by atoms with E-state index >= 15 is 0 Å². The molecule has 26 heavy (non-hydrogen) atoms. The quantitative estimate of drug-likeness (QED) is 0.657. The van der Waals surface area contributed by atoms with Gasteiger partial charge < -0.3 is 25.4 Å². The van der Waals surface area contributed by atoms with Crippen LogP contribution in [0, 0.1) is 0 Å². The maximum Gasteiger partial charge on any atom is 0.256 e. The van der Waals surface area contributed by atoms with Gasteiger partial charge in [-0.2, -0.15) is 0 Å². The monoisotopic (exact) mass is 374 g/mol. The predicted octanol–water partition coefficient (Wildman–Crippen LogP) is 1.67. The molecular formula is C19H24N3O3S+. The topological polar surface area (TPSA) is 75.0 Å². The highest BCUT2D eigenvalue weighted by atomic mass is 32.1. The minimum absolute atomic E-state index is 0.0211. The number of carbonyl (C=O) groups excluding carboxylic acids is 1. The van der Waals surface area contributed by atoms with Crippen LogP contribution in [0.5, 0.6) is 11.5 Å². The van der Waals surface area contributed by atoms with Crippen LogP contribution in [0.3, 0.4) is 0 Å². The number of phenolic OH excluding ortho intramolecular Hbond substituents is 1. The van der Waals surface area contributed by atoms with E-state index in [9.17, 15) is 9.90 Å². The molecule has 1 amide bonds. The van der Waals surface area contributed by atoms with Gasteiger partial charge in [-0.3, -0.25) is 4.79 Å². The zero-order valence-electron chi connectivity index (χ0n) is 15.0. The molecule has 1 aromatic carbocycles. The van der Waals surface area contributed by atoms with Crippen LogP contribution in [0.15, 0.2) is 18.2 Å². The van der Waals surface area contributed by atoms with Gasteiger partial charge in [-0.1, -0.05) is 6.07 Å². The van der Waals surface area contributed by atoms with E-state index in [0.29, 0.717) is 12.4 Å². The van der Waals surface area contributed by atoms with E-state index in [0.717, 1.165) is 42.2 Å². The molecule has 1 unspecified atom stereocenters. The molecule has 0 radical (unpaired) electrons. The molecule has 0 spiro atoms. The fourth-order valence-electron chi connectivity index (χ4n) is 3.70. The molecule has 1 aromatic heterocycles. The van der Waals surface area contributed by atoms with Crippen LogP contribution < -0.4 is 20.3 Å². The summed E-state index contributed by atoms with van der Waals surface area (Å²) in [5.41, 5.74) is 2.89. The van der Waals surface area contributed by atoms with Crippen molar-refractivity contribution in [3.05, 3.63) is 39.8 Å². The fourth-order valence-corrected chi connectivity index (χ4v) is 5.04. The molecule has 4 N–H and O–H groups in total. The molecule has 0 aliphatic carbocycles. The van der Waals surface area contributed by atoms with Gasteiger partial charge in [0.25, 0.3) is 5.91 Å². The van der Waals surface area contributed by atoms with Crippen molar-refractivity contribution in [2.45, 2.75) is 33.0 Å². The summed E-state index contributed by atoms with van der Waals surface area (Å²) in [5, 5.41) is 17.4. The van der Waals surface area contributed by atoms with Crippen molar-refractivity contribution < 1.29 is 19.5 Å². The zero-order valence-corrected chi connectivity index (χ0v) is 15.8. The number of anilines is 1. The molecule has 4 rings (SSSR count). The largest absolute Gasteiger partial charge is 0.504 e. The number of carbonyl (C=O) groups is 1. The van der Waals surface area contributed by atoms with Gasteiger partial charge in [0.2, 0.25) is 0 Å². The van der Waals surface area contributed by atoms with Gasteiger partial charge >= 0.3 is 0 Å². The molecule has 3 heterocycles. The highest BCUT2D eigenvalue weighted by molar-refractivity contribution is 7.16. The van der Waals surface area contributed by atoms with Crippen LogP contribution in [0.4, 0.5) is 5.00 Å². The average molecular weight is 374 g/mol. The molecule has 6 nitrogen and oxygen atoms in total. The lowest BCUT2D eigenvalue weighted by atomic mass is 10.0. The number of benzene rings is 1. The van der Waals surface area contributed by atoms with Gasteiger partial charge in [-0.15, -0.1) is 11.3 Å². The van der Waals surface area contributed by atoms with Crippen molar-refractivity contribution in [1.29, 1.82) is 0 Å². The first kappa shape index (κ1) is 17.2. The Kier molecular flexibility index (Phi) is 4.50. The summed E-state index contributed by atoms with van der Waals surface area (Å²) in [4.78, 5) is 15.7. The number of fused-ring (bicyclic) bond motifs is 3. The normalized spacial score (nSPS) is 21.4. The molecule has 138 valence electrons. The molecule has 2 atom stereocenters. The van der Waals surface area contributed by atoms with Crippen LogP contribution >= 0.6 is 11.3 Å². The predicted molar refractivity (Wildman–Crippen MR) is 101 cm³/mol. The second kappa shape index (κ2) is 6.81. The first-order valence-electron chi connectivity index (χ1n) is 9.11. The maximum atomic E-state index is 12.8. The molecular weight excluding hydrogens is 350 g/mol. The summed E-state index contributed by atoms with van der Waals surface area (Å²) in [6, 6.07) is 5.18. The lowest BCUT2D eigenvalue weighted by Crippen LogP contribution is -3.11. The molecule has 0 saturated heterocycles. The van der Waals surface area contributed by atoms with Crippen LogP contribution in [0.25, 0.3) is 0 Å². The van der Waals surface area contributed by atoms with Crippen molar-refractivity contribution in [1.82, 2.24) is 5.32 Å². The third-order valence-electron chi connectivity index (χ3n) is 5.12. The molecule has 2 aliphatic heterocycles. The summed E-state index contributed by atoms with van der Waals surface area (Å²) in [6.07, 6.45) is 0.627. The number of phenols is 1. The molecule has 2 aromatic rings. The standard InChI is InChI=1S/C19H23N3O3S/c1-3-22-8-7-12-15(10-22)26-19-16(12)18(24)20-17(21-19)11-5-6-13(23)14(9-11)25-4-2/h5-6,9,17,21,23H,3-4,7-8,10H2,1-2H3,(H,20,24)/p+1/t17-/m1/s1. The van der Waals surface area contributed by atoms with E-state index in [1.807, 2.05) is 6.92 Å². The third-order valence-corrected chi connectivity index (χ3v) is 6.29. The van der Waals surface area contributed by atoms with Gasteiger partial charge in [0.15, 0.2) is 11.5 Å². The molecule has 0 bridgehead atoms. The summed E-state index contributed by atoms with van der Waals surface area (Å²) in [5.74, 6) is 0.513. The first-order chi connectivity index (χ1) is 12.6. The van der Waals surface area contributed by atoms with E-state index in [-0.39, 0.29) is 17.8 Å². The summed E-state index contributed by atoms with van der Waals surface area (Å²) >= 11 is 1.70. The number of thiophene rings is 1. The number of amides is 1. The first-order valence-corrected chi connectivity index (χ1v) is 9.93. The van der Waals surface area contributed by atoms with Crippen LogP contribution in [0.1, 0.15) is 46.4 Å². The number of hydrogen-bond donors (Lipinski definition) is 4. The van der Waals surface area contributed by atoms with E-state index in [2.05, 4.69) is 17.6 Å².